The normalized spacial score (nSPS) is 11.4. The summed E-state index contributed by atoms with van der Waals surface area (Å²) in [5, 5.41) is 38.2. The first kappa shape index (κ1) is 22.2. The summed E-state index contributed by atoms with van der Waals surface area (Å²) in [4.78, 5) is 26.3. The van der Waals surface area contributed by atoms with Gasteiger partial charge >= 0.3 is 5.69 Å². The number of fused-ring (bicyclic) bond motifs is 3. The Morgan fingerprint density at radius 1 is 0.784 bits per heavy atom. The monoisotopic (exact) mass is 490 g/mol. The lowest BCUT2D eigenvalue weighted by molar-refractivity contribution is -0.394. The van der Waals surface area contributed by atoms with E-state index in [0.717, 1.165) is 44.8 Å². The maximum absolute atomic E-state index is 11.6. The van der Waals surface area contributed by atoms with Crippen molar-refractivity contribution in [1.29, 1.82) is 0 Å². The van der Waals surface area contributed by atoms with Gasteiger partial charge in [0, 0.05) is 6.07 Å². The summed E-state index contributed by atoms with van der Waals surface area (Å²) in [5.74, 6) is -0.475. The summed E-state index contributed by atoms with van der Waals surface area (Å²) in [5.41, 5.74) is 0.977. The van der Waals surface area contributed by atoms with E-state index in [2.05, 4.69) is 11.1 Å². The Morgan fingerprint density at radius 2 is 1.41 bits per heavy atom. The molecule has 9 nitrogen and oxygen atoms in total. The molecule has 0 amide bonds. The second-order valence-electron chi connectivity index (χ2n) is 8.68. The van der Waals surface area contributed by atoms with Gasteiger partial charge in [-0.3, -0.25) is 20.2 Å². The molecule has 0 aliphatic carbocycles. The summed E-state index contributed by atoms with van der Waals surface area (Å²) in [7, 11) is 0. The van der Waals surface area contributed by atoms with Crippen LogP contribution in [-0.4, -0.2) is 24.5 Å². The summed E-state index contributed by atoms with van der Waals surface area (Å²) < 4.78 is 1.84. The highest BCUT2D eigenvalue weighted by Crippen LogP contribution is 2.41. The summed E-state index contributed by atoms with van der Waals surface area (Å²) in [6, 6.07) is 27.3. The molecule has 0 aliphatic heterocycles. The topological polar surface area (TPSA) is 124 Å². The Balaban J connectivity index is 1.67. The molecule has 0 radical (unpaired) electrons. The SMILES string of the molecule is O=[N+]([O-])c1cc(-c2nc3ccccc3n2Cc2c3ccccc3cc3ccccc23)c(O)c([N+](=O)[O-])c1. The lowest BCUT2D eigenvalue weighted by atomic mass is 9.96. The molecule has 6 aromatic rings. The molecule has 1 N–H and O–H groups in total. The van der Waals surface area contributed by atoms with Crippen molar-refractivity contribution < 1.29 is 15.0 Å². The quantitative estimate of drug-likeness (QED) is 0.165. The van der Waals surface area contributed by atoms with Gasteiger partial charge in [-0.2, -0.15) is 0 Å². The molecule has 5 aromatic carbocycles. The molecule has 37 heavy (non-hydrogen) atoms. The molecule has 1 aromatic heterocycles. The third-order valence-corrected chi connectivity index (χ3v) is 6.58. The summed E-state index contributed by atoms with van der Waals surface area (Å²) in [6.07, 6.45) is 0. The minimum absolute atomic E-state index is 0.0818. The highest BCUT2D eigenvalue weighted by Gasteiger charge is 2.28. The average Bonchev–Trinajstić information content (AvgIpc) is 3.26. The number of hydrogen-bond acceptors (Lipinski definition) is 6. The second-order valence-corrected chi connectivity index (χ2v) is 8.68. The zero-order chi connectivity index (χ0) is 25.7. The van der Waals surface area contributed by atoms with E-state index in [1.165, 1.54) is 0 Å². The molecular formula is C28H18N4O5. The molecule has 1 heterocycles. The van der Waals surface area contributed by atoms with Gasteiger partial charge in [-0.25, -0.2) is 4.98 Å². The predicted molar refractivity (Wildman–Crippen MR) is 141 cm³/mol. The smallest absolute Gasteiger partial charge is 0.318 e. The van der Waals surface area contributed by atoms with Crippen molar-refractivity contribution in [3.8, 4) is 17.1 Å². The number of hydrogen-bond donors (Lipinski definition) is 1. The number of nitrogens with zero attached hydrogens (tertiary/aromatic N) is 4. The van der Waals surface area contributed by atoms with Crippen LogP contribution in [0.4, 0.5) is 11.4 Å². The van der Waals surface area contributed by atoms with E-state index < -0.39 is 27.0 Å². The molecule has 9 heteroatoms. The number of non-ortho nitro benzene ring substituents is 1. The van der Waals surface area contributed by atoms with Crippen LogP contribution in [0.5, 0.6) is 5.75 Å². The minimum atomic E-state index is -0.836. The number of nitro groups is 2. The van der Waals surface area contributed by atoms with Gasteiger partial charge in [0.25, 0.3) is 5.69 Å². The Labute approximate surface area is 209 Å². The van der Waals surface area contributed by atoms with Gasteiger partial charge < -0.3 is 9.67 Å². The summed E-state index contributed by atoms with van der Waals surface area (Å²) >= 11 is 0. The maximum Gasteiger partial charge on any atom is 0.318 e. The molecule has 0 saturated heterocycles. The molecule has 6 rings (SSSR count). The molecule has 0 aliphatic rings. The van der Waals surface area contributed by atoms with Crippen LogP contribution in [0.2, 0.25) is 0 Å². The van der Waals surface area contributed by atoms with Crippen LogP contribution in [0.1, 0.15) is 5.56 Å². The fourth-order valence-corrected chi connectivity index (χ4v) is 4.90. The molecular weight excluding hydrogens is 472 g/mol. The van der Waals surface area contributed by atoms with Crippen LogP contribution in [0.25, 0.3) is 44.0 Å². The van der Waals surface area contributed by atoms with Crippen LogP contribution < -0.4 is 0 Å². The molecule has 0 spiro atoms. The fourth-order valence-electron chi connectivity index (χ4n) is 4.90. The molecule has 0 atom stereocenters. The number of imidazole rings is 1. The van der Waals surface area contributed by atoms with E-state index in [0.29, 0.717) is 12.1 Å². The molecule has 0 bridgehead atoms. The number of phenolic OH excluding ortho intramolecular Hbond substituents is 1. The minimum Gasteiger partial charge on any atom is -0.502 e. The van der Waals surface area contributed by atoms with Crippen molar-refractivity contribution in [2.24, 2.45) is 0 Å². The van der Waals surface area contributed by atoms with Gasteiger partial charge in [0.15, 0.2) is 0 Å². The van der Waals surface area contributed by atoms with Gasteiger partial charge in [-0.15, -0.1) is 0 Å². The van der Waals surface area contributed by atoms with Crippen LogP contribution in [0.15, 0.2) is 91.0 Å². The van der Waals surface area contributed by atoms with Crippen LogP contribution in [0, 0.1) is 20.2 Å². The van der Waals surface area contributed by atoms with Crippen LogP contribution in [0.3, 0.4) is 0 Å². The fraction of sp³-hybridized carbons (Fsp3) is 0.0357. The highest BCUT2D eigenvalue weighted by atomic mass is 16.6. The summed E-state index contributed by atoms with van der Waals surface area (Å²) in [6.45, 7) is 0.313. The Bertz CT molecular complexity index is 1840. The number of para-hydroxylation sites is 2. The molecule has 0 unspecified atom stereocenters. The zero-order valence-corrected chi connectivity index (χ0v) is 19.2. The second kappa shape index (κ2) is 8.42. The van der Waals surface area contributed by atoms with E-state index >= 15 is 0 Å². The third kappa shape index (κ3) is 3.61. The third-order valence-electron chi connectivity index (χ3n) is 6.58. The van der Waals surface area contributed by atoms with Gasteiger partial charge in [0.1, 0.15) is 5.82 Å². The van der Waals surface area contributed by atoms with E-state index in [9.17, 15) is 25.3 Å². The number of nitro benzene ring substituents is 2. The molecule has 0 fully saturated rings. The first-order valence-electron chi connectivity index (χ1n) is 11.4. The van der Waals surface area contributed by atoms with Crippen molar-refractivity contribution >= 4 is 44.0 Å². The lowest BCUT2D eigenvalue weighted by Crippen LogP contribution is -2.05. The van der Waals surface area contributed by atoms with Crippen molar-refractivity contribution in [1.82, 2.24) is 9.55 Å². The number of benzene rings is 5. The number of rotatable bonds is 5. The molecule has 0 saturated carbocycles. The van der Waals surface area contributed by atoms with Crippen molar-refractivity contribution in [3.05, 3.63) is 117 Å². The largest absolute Gasteiger partial charge is 0.502 e. The van der Waals surface area contributed by atoms with Crippen LogP contribution in [-0.2, 0) is 6.54 Å². The van der Waals surface area contributed by atoms with E-state index in [1.807, 2.05) is 71.3 Å². The zero-order valence-electron chi connectivity index (χ0n) is 19.2. The van der Waals surface area contributed by atoms with E-state index in [4.69, 9.17) is 0 Å². The standard InChI is InChI=1S/C28H18N4O5/c33-27-22(14-19(31(34)35)15-26(27)32(36)37)28-29-24-11-5-6-12-25(24)30(28)16-23-20-9-3-1-7-17(20)13-18-8-2-4-10-21(18)23/h1-15,33H,16H2. The number of aromatic hydroxyl groups is 1. The maximum atomic E-state index is 11.6. The average molecular weight is 490 g/mol. The Hall–Kier alpha value is -5.31. The predicted octanol–water partition coefficient (Wildman–Crippen LogP) is 6.58. The van der Waals surface area contributed by atoms with Crippen molar-refractivity contribution in [2.75, 3.05) is 0 Å². The van der Waals surface area contributed by atoms with Gasteiger partial charge in [0.05, 0.1) is 39.1 Å². The lowest BCUT2D eigenvalue weighted by Gasteiger charge is -2.15. The Kier molecular flexibility index (Phi) is 5.04. The van der Waals surface area contributed by atoms with Crippen LogP contribution >= 0.6 is 0 Å². The van der Waals surface area contributed by atoms with Gasteiger partial charge in [-0.1, -0.05) is 60.7 Å². The number of phenols is 1. The number of aromatic nitrogens is 2. The Morgan fingerprint density at radius 3 is 2.05 bits per heavy atom. The van der Waals surface area contributed by atoms with Crippen molar-refractivity contribution in [3.63, 3.8) is 0 Å². The van der Waals surface area contributed by atoms with Crippen molar-refractivity contribution in [2.45, 2.75) is 6.54 Å². The first-order chi connectivity index (χ1) is 17.9. The van der Waals surface area contributed by atoms with E-state index in [1.54, 1.807) is 6.07 Å². The highest BCUT2D eigenvalue weighted by molar-refractivity contribution is 6.02. The van der Waals surface area contributed by atoms with Gasteiger partial charge in [-0.05, 0) is 45.3 Å². The van der Waals surface area contributed by atoms with E-state index in [-0.39, 0.29) is 11.4 Å². The van der Waals surface area contributed by atoms with Gasteiger partial charge in [0.2, 0.25) is 5.75 Å². The molecule has 180 valence electrons. The first-order valence-corrected chi connectivity index (χ1v) is 11.4.